The van der Waals surface area contributed by atoms with Crippen LogP contribution in [0.2, 0.25) is 0 Å². The van der Waals surface area contributed by atoms with E-state index in [1.54, 1.807) is 13.8 Å². The van der Waals surface area contributed by atoms with Gasteiger partial charge in [-0.25, -0.2) is 4.79 Å². The first kappa shape index (κ1) is 27.3. The Morgan fingerprint density at radius 3 is 2.16 bits per heavy atom. The summed E-state index contributed by atoms with van der Waals surface area (Å²) in [6.45, 7) is 4.99. The summed E-state index contributed by atoms with van der Waals surface area (Å²) in [5.74, 6) is -4.80. The molecule has 12 heteroatoms. The maximum Gasteiger partial charge on any atom is 0.326 e. The molecule has 7 N–H and O–H groups in total. The summed E-state index contributed by atoms with van der Waals surface area (Å²) in [4.78, 5) is 61.5. The average Bonchev–Trinajstić information content (AvgIpc) is 3.22. The number of carbonyl (C=O) groups excluding carboxylic acids is 3. The molecule has 1 rings (SSSR count). The molecule has 6 unspecified atom stereocenters. The van der Waals surface area contributed by atoms with Crippen LogP contribution in [0.4, 0.5) is 0 Å². The van der Waals surface area contributed by atoms with Gasteiger partial charge in [-0.15, -0.1) is 0 Å². The normalized spacial score (nSPS) is 20.5. The van der Waals surface area contributed by atoms with Gasteiger partial charge in [0.2, 0.25) is 17.7 Å². The largest absolute Gasteiger partial charge is 0.481 e. The first-order chi connectivity index (χ1) is 14.9. The fourth-order valence-electron chi connectivity index (χ4n) is 3.47. The van der Waals surface area contributed by atoms with E-state index < -0.39 is 59.9 Å². The Kier molecular flexibility index (Phi) is 10.5. The summed E-state index contributed by atoms with van der Waals surface area (Å²) in [5, 5.41) is 33.1. The van der Waals surface area contributed by atoms with Gasteiger partial charge in [0.05, 0.1) is 12.1 Å². The molecule has 6 atom stereocenters. The summed E-state index contributed by atoms with van der Waals surface area (Å²) >= 11 is 0. The molecule has 12 nitrogen and oxygen atoms in total. The number of aliphatic hydroxyl groups excluding tert-OH is 1. The van der Waals surface area contributed by atoms with Crippen LogP contribution in [-0.2, 0) is 24.0 Å². The number of amides is 3. The van der Waals surface area contributed by atoms with Gasteiger partial charge in [-0.05, 0) is 32.1 Å². The third-order valence-electron chi connectivity index (χ3n) is 5.67. The van der Waals surface area contributed by atoms with Crippen LogP contribution in [0.15, 0.2) is 0 Å². The molecule has 32 heavy (non-hydrogen) atoms. The Bertz CT molecular complexity index is 714. The standard InChI is InChI=1S/C20H34N4O8/c1-4-10(2)15(22-17(28)12(21)7-8-14(26)27)18(29)23-16(11(3)25)19(30)24-9-5-6-13(24)20(31)32/h10-13,15-16,25H,4-9,21H2,1-3H3,(H,22,28)(H,23,29)(H,26,27)(H,31,32). The molecule has 1 heterocycles. The minimum absolute atomic E-state index is 0.115. The quantitative estimate of drug-likeness (QED) is 0.204. The maximum absolute atomic E-state index is 13.0. The van der Waals surface area contributed by atoms with Crippen molar-refractivity contribution in [2.45, 2.75) is 83.1 Å². The summed E-state index contributed by atoms with van der Waals surface area (Å²) in [7, 11) is 0. The van der Waals surface area contributed by atoms with Crippen molar-refractivity contribution < 1.29 is 39.3 Å². The highest BCUT2D eigenvalue weighted by atomic mass is 16.4. The highest BCUT2D eigenvalue weighted by molar-refractivity contribution is 5.94. The predicted octanol–water partition coefficient (Wildman–Crippen LogP) is -1.35. The Balaban J connectivity index is 2.95. The van der Waals surface area contributed by atoms with Gasteiger partial charge in [0, 0.05) is 13.0 Å². The molecule has 1 aliphatic rings. The number of aliphatic carboxylic acids is 2. The highest BCUT2D eigenvalue weighted by Gasteiger charge is 2.40. The molecule has 0 bridgehead atoms. The van der Waals surface area contributed by atoms with Gasteiger partial charge < -0.3 is 36.6 Å². The zero-order valence-electron chi connectivity index (χ0n) is 18.6. The van der Waals surface area contributed by atoms with Gasteiger partial charge >= 0.3 is 11.9 Å². The molecule has 0 saturated carbocycles. The lowest BCUT2D eigenvalue weighted by Crippen LogP contribution is -2.61. The Labute approximate surface area is 186 Å². The third-order valence-corrected chi connectivity index (χ3v) is 5.67. The summed E-state index contributed by atoms with van der Waals surface area (Å²) in [6.07, 6.45) is -0.481. The fraction of sp³-hybridized carbons (Fsp3) is 0.750. The molecule has 3 amide bonds. The van der Waals surface area contributed by atoms with Gasteiger partial charge in [-0.3, -0.25) is 19.2 Å². The van der Waals surface area contributed by atoms with Crippen molar-refractivity contribution in [3.63, 3.8) is 0 Å². The van der Waals surface area contributed by atoms with Gasteiger partial charge in [-0.1, -0.05) is 20.3 Å². The number of rotatable bonds is 12. The van der Waals surface area contributed by atoms with Crippen molar-refractivity contribution in [3.8, 4) is 0 Å². The van der Waals surface area contributed by atoms with Crippen LogP contribution in [0.3, 0.4) is 0 Å². The monoisotopic (exact) mass is 458 g/mol. The van der Waals surface area contributed by atoms with E-state index in [0.717, 1.165) is 4.90 Å². The lowest BCUT2D eigenvalue weighted by molar-refractivity contribution is -0.151. The van der Waals surface area contributed by atoms with E-state index in [2.05, 4.69) is 10.6 Å². The van der Waals surface area contributed by atoms with Crippen LogP contribution < -0.4 is 16.4 Å². The van der Waals surface area contributed by atoms with E-state index in [1.165, 1.54) is 6.92 Å². The van der Waals surface area contributed by atoms with Crippen LogP contribution in [0, 0.1) is 5.92 Å². The zero-order chi connectivity index (χ0) is 24.6. The van der Waals surface area contributed by atoms with Crippen molar-refractivity contribution >= 4 is 29.7 Å². The van der Waals surface area contributed by atoms with Crippen LogP contribution in [0.25, 0.3) is 0 Å². The number of carboxylic acids is 2. The molecule has 1 fully saturated rings. The lowest BCUT2D eigenvalue weighted by Gasteiger charge is -2.31. The van der Waals surface area contributed by atoms with Crippen LogP contribution in [0.1, 0.15) is 52.9 Å². The number of hydrogen-bond acceptors (Lipinski definition) is 7. The smallest absolute Gasteiger partial charge is 0.326 e. The van der Waals surface area contributed by atoms with Gasteiger partial charge in [0.1, 0.15) is 18.1 Å². The van der Waals surface area contributed by atoms with Crippen molar-refractivity contribution in [2.75, 3.05) is 6.54 Å². The zero-order valence-corrected chi connectivity index (χ0v) is 18.6. The van der Waals surface area contributed by atoms with E-state index >= 15 is 0 Å². The Hall–Kier alpha value is -2.73. The van der Waals surface area contributed by atoms with Crippen molar-refractivity contribution in [3.05, 3.63) is 0 Å². The number of nitrogens with zero attached hydrogens (tertiary/aromatic N) is 1. The molecule has 0 aromatic carbocycles. The fourth-order valence-corrected chi connectivity index (χ4v) is 3.47. The second kappa shape index (κ2) is 12.3. The Morgan fingerprint density at radius 1 is 1.06 bits per heavy atom. The number of nitrogens with one attached hydrogen (secondary N) is 2. The predicted molar refractivity (Wildman–Crippen MR) is 112 cm³/mol. The Morgan fingerprint density at radius 2 is 1.66 bits per heavy atom. The summed E-state index contributed by atoms with van der Waals surface area (Å²) < 4.78 is 0. The number of carbonyl (C=O) groups is 5. The topological polar surface area (TPSA) is 199 Å². The summed E-state index contributed by atoms with van der Waals surface area (Å²) in [5.41, 5.74) is 5.72. The molecule has 1 aliphatic heterocycles. The van der Waals surface area contributed by atoms with E-state index in [4.69, 9.17) is 10.8 Å². The van der Waals surface area contributed by atoms with E-state index in [9.17, 15) is 34.2 Å². The third kappa shape index (κ3) is 7.45. The van der Waals surface area contributed by atoms with Gasteiger partial charge in [-0.2, -0.15) is 0 Å². The summed E-state index contributed by atoms with van der Waals surface area (Å²) in [6, 6.07) is -4.66. The van der Waals surface area contributed by atoms with Crippen molar-refractivity contribution in [2.24, 2.45) is 11.7 Å². The van der Waals surface area contributed by atoms with E-state index in [1.807, 2.05) is 0 Å². The average molecular weight is 459 g/mol. The van der Waals surface area contributed by atoms with Crippen molar-refractivity contribution in [1.29, 1.82) is 0 Å². The second-order valence-electron chi connectivity index (χ2n) is 8.17. The maximum atomic E-state index is 13.0. The van der Waals surface area contributed by atoms with Crippen LogP contribution in [0.5, 0.6) is 0 Å². The number of carboxylic acid groups (broad SMARTS) is 2. The SMILES string of the molecule is CCC(C)C(NC(=O)C(N)CCC(=O)O)C(=O)NC(C(=O)N1CCCC1C(=O)O)C(C)O. The molecule has 0 aromatic rings. The first-order valence-electron chi connectivity index (χ1n) is 10.7. The second-order valence-corrected chi connectivity index (χ2v) is 8.17. The number of likely N-dealkylation sites (tertiary alicyclic amines) is 1. The molecule has 0 spiro atoms. The number of hydrogen-bond donors (Lipinski definition) is 6. The molecular weight excluding hydrogens is 424 g/mol. The minimum atomic E-state index is -1.40. The van der Waals surface area contributed by atoms with Crippen LogP contribution in [-0.4, -0.2) is 86.7 Å². The number of nitrogens with two attached hydrogens (primary N) is 1. The van der Waals surface area contributed by atoms with Gasteiger partial charge in [0.15, 0.2) is 0 Å². The first-order valence-corrected chi connectivity index (χ1v) is 10.7. The molecule has 1 saturated heterocycles. The molecule has 0 aromatic heterocycles. The molecule has 182 valence electrons. The lowest BCUT2D eigenvalue weighted by atomic mass is 9.96. The molecular formula is C20H34N4O8. The highest BCUT2D eigenvalue weighted by Crippen LogP contribution is 2.19. The van der Waals surface area contributed by atoms with Crippen LogP contribution >= 0.6 is 0 Å². The van der Waals surface area contributed by atoms with E-state index in [-0.39, 0.29) is 31.7 Å². The van der Waals surface area contributed by atoms with E-state index in [0.29, 0.717) is 12.8 Å². The molecule has 0 radical (unpaired) electrons. The number of aliphatic hydroxyl groups is 1. The van der Waals surface area contributed by atoms with Gasteiger partial charge in [0.25, 0.3) is 0 Å². The molecule has 0 aliphatic carbocycles. The van der Waals surface area contributed by atoms with Crippen molar-refractivity contribution in [1.82, 2.24) is 15.5 Å². The minimum Gasteiger partial charge on any atom is -0.481 e.